The smallest absolute Gasteiger partial charge is 0.00412 e. The van der Waals surface area contributed by atoms with Crippen LogP contribution in [-0.2, 0) is 0 Å². The molecule has 0 aliphatic carbocycles. The van der Waals surface area contributed by atoms with Gasteiger partial charge in [-0.05, 0) is 50.2 Å². The molecule has 0 aromatic rings. The van der Waals surface area contributed by atoms with Crippen molar-refractivity contribution in [1.29, 1.82) is 0 Å². The molecule has 2 atom stereocenters. The first-order valence-corrected chi connectivity index (χ1v) is 7.17. The van der Waals surface area contributed by atoms with Gasteiger partial charge in [0.05, 0.1) is 0 Å². The fourth-order valence-corrected chi connectivity index (χ4v) is 2.48. The highest BCUT2D eigenvalue weighted by Gasteiger charge is 2.07. The maximum absolute atomic E-state index is 3.55. The van der Waals surface area contributed by atoms with Crippen LogP contribution < -0.4 is 5.32 Å². The Balaban J connectivity index is 3.35. The second kappa shape index (κ2) is 9.85. The number of hydrogen-bond donors (Lipinski definition) is 1. The minimum absolute atomic E-state index is 0.691. The second-order valence-electron chi connectivity index (χ2n) is 4.18. The highest BCUT2D eigenvalue weighted by atomic mass is 32.2. The molecule has 0 amide bonds. The van der Waals surface area contributed by atoms with Crippen LogP contribution in [0.25, 0.3) is 0 Å². The van der Waals surface area contributed by atoms with Gasteiger partial charge in [-0.25, -0.2) is 0 Å². The van der Waals surface area contributed by atoms with Crippen molar-refractivity contribution in [3.05, 3.63) is 0 Å². The molecule has 0 radical (unpaired) electrons. The zero-order valence-corrected chi connectivity index (χ0v) is 11.1. The van der Waals surface area contributed by atoms with Gasteiger partial charge in [-0.3, -0.25) is 0 Å². The maximum Gasteiger partial charge on any atom is 0.00412 e. The molecule has 14 heavy (non-hydrogen) atoms. The SMILES string of the molecule is CCCNC(C)CC(C)CCSCC. The fraction of sp³-hybridized carbons (Fsp3) is 1.00. The topological polar surface area (TPSA) is 12.0 Å². The average Bonchev–Trinajstić information content (AvgIpc) is 2.15. The van der Waals surface area contributed by atoms with Gasteiger partial charge in [-0.15, -0.1) is 0 Å². The molecule has 0 saturated carbocycles. The van der Waals surface area contributed by atoms with Crippen LogP contribution >= 0.6 is 11.8 Å². The summed E-state index contributed by atoms with van der Waals surface area (Å²) in [5, 5.41) is 3.55. The second-order valence-corrected chi connectivity index (χ2v) is 5.58. The van der Waals surface area contributed by atoms with Crippen LogP contribution in [0.5, 0.6) is 0 Å². The van der Waals surface area contributed by atoms with E-state index in [2.05, 4.69) is 44.8 Å². The summed E-state index contributed by atoms with van der Waals surface area (Å²) in [6, 6.07) is 0.691. The third kappa shape index (κ3) is 8.89. The predicted octanol–water partition coefficient (Wildman–Crippen LogP) is 3.54. The Morgan fingerprint density at radius 2 is 1.93 bits per heavy atom. The molecule has 2 unspecified atom stereocenters. The van der Waals surface area contributed by atoms with E-state index in [9.17, 15) is 0 Å². The van der Waals surface area contributed by atoms with Crippen LogP contribution in [0.4, 0.5) is 0 Å². The van der Waals surface area contributed by atoms with Crippen LogP contribution in [-0.4, -0.2) is 24.1 Å². The quantitative estimate of drug-likeness (QED) is 0.593. The zero-order chi connectivity index (χ0) is 10.8. The highest BCUT2D eigenvalue weighted by molar-refractivity contribution is 7.99. The molecule has 0 aromatic heterocycles. The van der Waals surface area contributed by atoms with Gasteiger partial charge in [0.15, 0.2) is 0 Å². The minimum atomic E-state index is 0.691. The molecular weight excluding hydrogens is 190 g/mol. The van der Waals surface area contributed by atoms with Crippen molar-refractivity contribution in [2.45, 2.75) is 53.0 Å². The summed E-state index contributed by atoms with van der Waals surface area (Å²) < 4.78 is 0. The lowest BCUT2D eigenvalue weighted by atomic mass is 10.0. The van der Waals surface area contributed by atoms with E-state index in [1.165, 1.54) is 30.8 Å². The van der Waals surface area contributed by atoms with E-state index in [-0.39, 0.29) is 0 Å². The van der Waals surface area contributed by atoms with Crippen molar-refractivity contribution in [3.63, 3.8) is 0 Å². The first kappa shape index (κ1) is 14.3. The third-order valence-electron chi connectivity index (χ3n) is 2.46. The van der Waals surface area contributed by atoms with Gasteiger partial charge in [0.1, 0.15) is 0 Å². The number of nitrogens with one attached hydrogen (secondary N) is 1. The van der Waals surface area contributed by atoms with Gasteiger partial charge >= 0.3 is 0 Å². The van der Waals surface area contributed by atoms with Gasteiger partial charge < -0.3 is 5.32 Å². The molecule has 0 saturated heterocycles. The third-order valence-corrected chi connectivity index (χ3v) is 3.39. The number of hydrogen-bond acceptors (Lipinski definition) is 2. The molecule has 0 aliphatic heterocycles. The Hall–Kier alpha value is 0.310. The number of rotatable bonds is 9. The summed E-state index contributed by atoms with van der Waals surface area (Å²) in [5.74, 6) is 3.46. The Kier molecular flexibility index (Phi) is 10.1. The molecule has 0 fully saturated rings. The van der Waals surface area contributed by atoms with E-state index < -0.39 is 0 Å². The Morgan fingerprint density at radius 1 is 1.21 bits per heavy atom. The van der Waals surface area contributed by atoms with Gasteiger partial charge in [-0.1, -0.05) is 20.8 Å². The summed E-state index contributed by atoms with van der Waals surface area (Å²) in [6.07, 6.45) is 3.94. The molecule has 0 aliphatic rings. The summed E-state index contributed by atoms with van der Waals surface area (Å²) in [5.41, 5.74) is 0. The van der Waals surface area contributed by atoms with E-state index in [0.717, 1.165) is 12.5 Å². The lowest BCUT2D eigenvalue weighted by Crippen LogP contribution is -2.28. The molecule has 1 N–H and O–H groups in total. The van der Waals surface area contributed by atoms with Crippen molar-refractivity contribution in [2.75, 3.05) is 18.1 Å². The van der Waals surface area contributed by atoms with Crippen LogP contribution in [0.15, 0.2) is 0 Å². The molecule has 0 bridgehead atoms. The van der Waals surface area contributed by atoms with Crippen LogP contribution in [0, 0.1) is 5.92 Å². The van der Waals surface area contributed by atoms with E-state index in [0.29, 0.717) is 6.04 Å². The molecule has 0 rings (SSSR count). The molecule has 1 nitrogen and oxygen atoms in total. The molecule has 0 spiro atoms. The first-order valence-electron chi connectivity index (χ1n) is 6.01. The van der Waals surface area contributed by atoms with E-state index >= 15 is 0 Å². The van der Waals surface area contributed by atoms with Crippen molar-refractivity contribution in [3.8, 4) is 0 Å². The van der Waals surface area contributed by atoms with Gasteiger partial charge in [0.2, 0.25) is 0 Å². The zero-order valence-electron chi connectivity index (χ0n) is 10.3. The van der Waals surface area contributed by atoms with Gasteiger partial charge in [-0.2, -0.15) is 11.8 Å². The summed E-state index contributed by atoms with van der Waals surface area (Å²) in [4.78, 5) is 0. The molecule has 0 aromatic carbocycles. The molecular formula is C12H27NS. The maximum atomic E-state index is 3.55. The van der Waals surface area contributed by atoms with Crippen molar-refractivity contribution in [2.24, 2.45) is 5.92 Å². The molecule has 0 heterocycles. The summed E-state index contributed by atoms with van der Waals surface area (Å²) in [6.45, 7) is 10.3. The molecule has 2 heteroatoms. The Labute approximate surface area is 94.4 Å². The first-order chi connectivity index (χ1) is 6.70. The average molecular weight is 217 g/mol. The predicted molar refractivity (Wildman–Crippen MR) is 69.2 cm³/mol. The van der Waals surface area contributed by atoms with E-state index in [4.69, 9.17) is 0 Å². The van der Waals surface area contributed by atoms with Gasteiger partial charge in [0.25, 0.3) is 0 Å². The van der Waals surface area contributed by atoms with Crippen molar-refractivity contribution >= 4 is 11.8 Å². The summed E-state index contributed by atoms with van der Waals surface area (Å²) >= 11 is 2.06. The van der Waals surface area contributed by atoms with Crippen LogP contribution in [0.1, 0.15) is 47.0 Å². The summed E-state index contributed by atoms with van der Waals surface area (Å²) in [7, 11) is 0. The van der Waals surface area contributed by atoms with E-state index in [1.54, 1.807) is 0 Å². The normalized spacial score (nSPS) is 15.4. The minimum Gasteiger partial charge on any atom is -0.314 e. The number of thioether (sulfide) groups is 1. The van der Waals surface area contributed by atoms with Gasteiger partial charge in [0, 0.05) is 6.04 Å². The van der Waals surface area contributed by atoms with Crippen molar-refractivity contribution in [1.82, 2.24) is 5.32 Å². The lowest BCUT2D eigenvalue weighted by molar-refractivity contribution is 0.415. The van der Waals surface area contributed by atoms with Crippen molar-refractivity contribution < 1.29 is 0 Å². The van der Waals surface area contributed by atoms with E-state index in [1.807, 2.05) is 0 Å². The monoisotopic (exact) mass is 217 g/mol. The Bertz CT molecular complexity index is 117. The largest absolute Gasteiger partial charge is 0.314 e. The van der Waals surface area contributed by atoms with Crippen LogP contribution in [0.3, 0.4) is 0 Å². The fourth-order valence-electron chi connectivity index (χ4n) is 1.62. The highest BCUT2D eigenvalue weighted by Crippen LogP contribution is 2.14. The van der Waals surface area contributed by atoms with Crippen LogP contribution in [0.2, 0.25) is 0 Å². The molecule has 86 valence electrons. The Morgan fingerprint density at radius 3 is 2.50 bits per heavy atom. The lowest BCUT2D eigenvalue weighted by Gasteiger charge is -2.18. The standard InChI is InChI=1S/C12H27NS/c1-5-8-13-12(4)10-11(3)7-9-14-6-2/h11-13H,5-10H2,1-4H3.